The Labute approximate surface area is 110 Å². The smallest absolute Gasteiger partial charge is 0.145 e. The Bertz CT molecular complexity index is 487. The monoisotopic (exact) mass is 293 g/mol. The number of benzene rings is 1. The van der Waals surface area contributed by atoms with Crippen LogP contribution in [0, 0.1) is 0 Å². The fourth-order valence-corrected chi connectivity index (χ4v) is 1.83. The summed E-state index contributed by atoms with van der Waals surface area (Å²) in [5.41, 5.74) is 1.87. The van der Waals surface area contributed by atoms with Gasteiger partial charge in [-0.2, -0.15) is 0 Å². The van der Waals surface area contributed by atoms with Crippen LogP contribution < -0.4 is 5.32 Å². The maximum Gasteiger partial charge on any atom is 0.145 e. The molecule has 1 aromatic carbocycles. The number of nitrogens with one attached hydrogen (secondary N) is 1. The predicted molar refractivity (Wildman–Crippen MR) is 75.7 cm³/mol. The molecule has 0 fully saturated rings. The molecule has 17 heavy (non-hydrogen) atoms. The third-order valence-corrected chi connectivity index (χ3v) is 3.76. The fraction of sp³-hybridized carbons (Fsp3) is 0.385. The number of para-hydroxylation sites is 2. The average Bonchev–Trinajstić information content (AvgIpc) is 2.38. The molecular weight excluding hydrogens is 278 g/mol. The first-order chi connectivity index (χ1) is 8.29. The van der Waals surface area contributed by atoms with E-state index in [4.69, 9.17) is 0 Å². The molecule has 0 bridgehead atoms. The highest BCUT2D eigenvalue weighted by atomic mass is 79.9. The summed E-state index contributed by atoms with van der Waals surface area (Å²) in [7, 11) is 0. The van der Waals surface area contributed by atoms with Crippen LogP contribution in [0.4, 0.5) is 5.82 Å². The van der Waals surface area contributed by atoms with Gasteiger partial charge in [0, 0.05) is 11.4 Å². The Morgan fingerprint density at radius 1 is 1.29 bits per heavy atom. The molecule has 2 aromatic rings. The average molecular weight is 294 g/mol. The number of hydrogen-bond donors (Lipinski definition) is 1. The second-order valence-corrected chi connectivity index (χ2v) is 5.26. The number of aromatic nitrogens is 2. The van der Waals surface area contributed by atoms with Crippen LogP contribution in [0.2, 0.25) is 0 Å². The summed E-state index contributed by atoms with van der Waals surface area (Å²) >= 11 is 3.61. The van der Waals surface area contributed by atoms with Crippen molar-refractivity contribution in [3.63, 3.8) is 0 Å². The molecule has 1 atom stereocenters. The van der Waals surface area contributed by atoms with Gasteiger partial charge in [-0.3, -0.25) is 4.98 Å². The van der Waals surface area contributed by atoms with Gasteiger partial charge in [0.1, 0.15) is 5.82 Å². The molecule has 0 saturated carbocycles. The van der Waals surface area contributed by atoms with Gasteiger partial charge in [0.25, 0.3) is 0 Å². The Balaban J connectivity index is 1.99. The molecule has 0 spiro atoms. The lowest BCUT2D eigenvalue weighted by Gasteiger charge is -2.08. The number of rotatable bonds is 5. The molecule has 2 rings (SSSR count). The van der Waals surface area contributed by atoms with Gasteiger partial charge in [-0.15, -0.1) is 0 Å². The molecule has 1 heterocycles. The molecule has 0 radical (unpaired) electrons. The lowest BCUT2D eigenvalue weighted by molar-refractivity contribution is 0.773. The lowest BCUT2D eigenvalue weighted by Crippen LogP contribution is -2.09. The highest BCUT2D eigenvalue weighted by Crippen LogP contribution is 2.13. The molecule has 0 aliphatic heterocycles. The standard InChI is InChI=1S/C13H16BrN3/c1-2-10(14)7-8-15-13-9-16-11-5-3-4-6-12(11)17-13/h3-6,9-10H,2,7-8H2,1H3,(H,15,17). The molecule has 0 saturated heterocycles. The van der Waals surface area contributed by atoms with E-state index in [1.54, 1.807) is 6.20 Å². The van der Waals surface area contributed by atoms with Gasteiger partial charge in [-0.05, 0) is 25.0 Å². The summed E-state index contributed by atoms with van der Waals surface area (Å²) in [6.07, 6.45) is 4.02. The van der Waals surface area contributed by atoms with Crippen LogP contribution in [-0.4, -0.2) is 21.3 Å². The first kappa shape index (κ1) is 12.3. The zero-order valence-electron chi connectivity index (χ0n) is 9.86. The molecule has 0 aliphatic rings. The number of halogens is 1. The van der Waals surface area contributed by atoms with Crippen LogP contribution in [0.25, 0.3) is 11.0 Å². The van der Waals surface area contributed by atoms with Crippen LogP contribution in [0.15, 0.2) is 30.5 Å². The van der Waals surface area contributed by atoms with Crippen molar-refractivity contribution in [2.45, 2.75) is 24.6 Å². The van der Waals surface area contributed by atoms with Gasteiger partial charge in [0.15, 0.2) is 0 Å². The van der Waals surface area contributed by atoms with Gasteiger partial charge in [0.05, 0.1) is 17.2 Å². The van der Waals surface area contributed by atoms with Crippen molar-refractivity contribution in [3.8, 4) is 0 Å². The van der Waals surface area contributed by atoms with Gasteiger partial charge in [-0.25, -0.2) is 4.98 Å². The predicted octanol–water partition coefficient (Wildman–Crippen LogP) is 3.61. The van der Waals surface area contributed by atoms with Gasteiger partial charge in [-0.1, -0.05) is 35.0 Å². The van der Waals surface area contributed by atoms with Crippen LogP contribution in [-0.2, 0) is 0 Å². The van der Waals surface area contributed by atoms with E-state index in [1.807, 2.05) is 24.3 Å². The second kappa shape index (κ2) is 5.96. The molecule has 90 valence electrons. The first-order valence-corrected chi connectivity index (χ1v) is 6.81. The number of hydrogen-bond acceptors (Lipinski definition) is 3. The second-order valence-electron chi connectivity index (χ2n) is 3.96. The van der Waals surface area contributed by atoms with Crippen LogP contribution in [0.3, 0.4) is 0 Å². The quantitative estimate of drug-likeness (QED) is 0.856. The number of fused-ring (bicyclic) bond motifs is 1. The summed E-state index contributed by atoms with van der Waals surface area (Å²) in [6.45, 7) is 3.09. The van der Waals surface area contributed by atoms with E-state index >= 15 is 0 Å². The van der Waals surface area contributed by atoms with E-state index in [-0.39, 0.29) is 0 Å². The molecule has 0 aliphatic carbocycles. The minimum Gasteiger partial charge on any atom is -0.369 e. The summed E-state index contributed by atoms with van der Waals surface area (Å²) < 4.78 is 0. The highest BCUT2D eigenvalue weighted by molar-refractivity contribution is 9.09. The number of anilines is 1. The van der Waals surface area contributed by atoms with Crippen LogP contribution >= 0.6 is 15.9 Å². The number of alkyl halides is 1. The Morgan fingerprint density at radius 2 is 2.06 bits per heavy atom. The summed E-state index contributed by atoms with van der Waals surface area (Å²) in [5, 5.41) is 3.30. The fourth-order valence-electron chi connectivity index (χ4n) is 1.60. The van der Waals surface area contributed by atoms with Gasteiger partial charge >= 0.3 is 0 Å². The summed E-state index contributed by atoms with van der Waals surface area (Å²) in [5.74, 6) is 0.847. The van der Waals surface area contributed by atoms with E-state index in [0.29, 0.717) is 4.83 Å². The SMILES string of the molecule is CCC(Br)CCNc1cnc2ccccc2n1. The minimum absolute atomic E-state index is 0.573. The van der Waals surface area contributed by atoms with Crippen molar-refractivity contribution < 1.29 is 0 Å². The van der Waals surface area contributed by atoms with Crippen molar-refractivity contribution in [2.75, 3.05) is 11.9 Å². The topological polar surface area (TPSA) is 37.8 Å². The third-order valence-electron chi connectivity index (χ3n) is 2.66. The van der Waals surface area contributed by atoms with Crippen molar-refractivity contribution in [3.05, 3.63) is 30.5 Å². The molecule has 0 amide bonds. The molecular formula is C13H16BrN3. The molecule has 3 nitrogen and oxygen atoms in total. The van der Waals surface area contributed by atoms with Crippen molar-refractivity contribution in [1.82, 2.24) is 9.97 Å². The summed E-state index contributed by atoms with van der Waals surface area (Å²) in [6, 6.07) is 7.90. The van der Waals surface area contributed by atoms with Gasteiger partial charge in [0.2, 0.25) is 0 Å². The van der Waals surface area contributed by atoms with E-state index in [9.17, 15) is 0 Å². The molecule has 1 unspecified atom stereocenters. The first-order valence-electron chi connectivity index (χ1n) is 5.89. The highest BCUT2D eigenvalue weighted by Gasteiger charge is 2.01. The van der Waals surface area contributed by atoms with Gasteiger partial charge < -0.3 is 5.32 Å². The van der Waals surface area contributed by atoms with E-state index < -0.39 is 0 Å². The molecule has 1 N–H and O–H groups in total. The maximum absolute atomic E-state index is 4.51. The lowest BCUT2D eigenvalue weighted by atomic mass is 10.2. The Kier molecular flexibility index (Phi) is 4.31. The van der Waals surface area contributed by atoms with Crippen molar-refractivity contribution >= 4 is 32.8 Å². The summed E-state index contributed by atoms with van der Waals surface area (Å²) in [4.78, 5) is 9.44. The normalized spacial score (nSPS) is 12.6. The van der Waals surface area contributed by atoms with E-state index in [1.165, 1.54) is 0 Å². The maximum atomic E-state index is 4.51. The molecule has 4 heteroatoms. The zero-order chi connectivity index (χ0) is 12.1. The van der Waals surface area contributed by atoms with E-state index in [0.717, 1.165) is 36.2 Å². The minimum atomic E-state index is 0.573. The van der Waals surface area contributed by atoms with Crippen LogP contribution in [0.1, 0.15) is 19.8 Å². The zero-order valence-corrected chi connectivity index (χ0v) is 11.4. The van der Waals surface area contributed by atoms with E-state index in [2.05, 4.69) is 38.1 Å². The van der Waals surface area contributed by atoms with Crippen molar-refractivity contribution in [2.24, 2.45) is 0 Å². The van der Waals surface area contributed by atoms with Crippen LogP contribution in [0.5, 0.6) is 0 Å². The third kappa shape index (κ3) is 3.40. The molecule has 1 aromatic heterocycles. The Morgan fingerprint density at radius 3 is 2.82 bits per heavy atom. The largest absolute Gasteiger partial charge is 0.369 e. The Hall–Kier alpha value is -1.16. The number of nitrogens with zero attached hydrogens (tertiary/aromatic N) is 2. The van der Waals surface area contributed by atoms with Crippen molar-refractivity contribution in [1.29, 1.82) is 0 Å².